The smallest absolute Gasteiger partial charge is 0.226 e. The van der Waals surface area contributed by atoms with E-state index >= 15 is 0 Å². The Morgan fingerprint density at radius 2 is 2.10 bits per heavy atom. The van der Waals surface area contributed by atoms with Crippen molar-refractivity contribution in [2.75, 3.05) is 17.7 Å². The minimum Gasteiger partial charge on any atom is -0.357 e. The molecule has 8 heteroatoms. The lowest BCUT2D eigenvalue weighted by Crippen LogP contribution is -2.02. The fraction of sp³-hybridized carbons (Fsp3) is 0.154. The number of H-pyrrole nitrogens is 1. The molecule has 3 aromatic rings. The topological polar surface area (TPSA) is 78.5 Å². The number of nitrogens with one attached hydrogen (secondary N) is 3. The Bertz CT molecular complexity index is 816. The summed E-state index contributed by atoms with van der Waals surface area (Å²) < 4.78 is 0.908. The van der Waals surface area contributed by atoms with Gasteiger partial charge in [-0.15, -0.1) is 0 Å². The van der Waals surface area contributed by atoms with Gasteiger partial charge in [-0.2, -0.15) is 15.1 Å². The normalized spacial score (nSPS) is 10.9. The number of rotatable bonds is 3. The molecule has 0 amide bonds. The van der Waals surface area contributed by atoms with Gasteiger partial charge in [0.25, 0.3) is 0 Å². The quantitative estimate of drug-likeness (QED) is 0.655. The van der Waals surface area contributed by atoms with E-state index in [4.69, 9.17) is 11.6 Å². The zero-order valence-electron chi connectivity index (χ0n) is 11.3. The van der Waals surface area contributed by atoms with Crippen LogP contribution < -0.4 is 10.6 Å². The van der Waals surface area contributed by atoms with E-state index < -0.39 is 0 Å². The summed E-state index contributed by atoms with van der Waals surface area (Å²) in [5, 5.41) is 14.5. The van der Waals surface area contributed by atoms with Crippen LogP contribution in [0.2, 0.25) is 5.02 Å². The summed E-state index contributed by atoms with van der Waals surface area (Å²) in [5.41, 5.74) is 2.49. The van der Waals surface area contributed by atoms with Crippen LogP contribution in [-0.2, 0) is 0 Å². The highest BCUT2D eigenvalue weighted by Crippen LogP contribution is 2.32. The van der Waals surface area contributed by atoms with E-state index in [2.05, 4.69) is 46.7 Å². The molecule has 1 aromatic carbocycles. The molecule has 0 saturated carbocycles. The Hall–Kier alpha value is -1.86. The van der Waals surface area contributed by atoms with Crippen LogP contribution in [0.3, 0.4) is 0 Å². The van der Waals surface area contributed by atoms with E-state index in [1.807, 2.05) is 19.1 Å². The van der Waals surface area contributed by atoms with Gasteiger partial charge < -0.3 is 10.6 Å². The maximum absolute atomic E-state index is 6.18. The minimum absolute atomic E-state index is 0.503. The second-order valence-corrected chi connectivity index (χ2v) is 5.75. The van der Waals surface area contributed by atoms with E-state index in [0.29, 0.717) is 22.4 Å². The van der Waals surface area contributed by atoms with Gasteiger partial charge in [0.2, 0.25) is 5.95 Å². The Labute approximate surface area is 134 Å². The molecule has 0 aliphatic rings. The molecular weight excluding hydrogens is 356 g/mol. The second-order valence-electron chi connectivity index (χ2n) is 4.48. The summed E-state index contributed by atoms with van der Waals surface area (Å²) in [7, 11) is 1.76. The van der Waals surface area contributed by atoms with Crippen LogP contribution in [0.1, 0.15) is 5.56 Å². The van der Waals surface area contributed by atoms with Crippen LogP contribution in [0, 0.1) is 6.92 Å². The average molecular weight is 368 g/mol. The monoisotopic (exact) mass is 366 g/mol. The van der Waals surface area contributed by atoms with Crippen molar-refractivity contribution in [1.82, 2.24) is 20.2 Å². The van der Waals surface area contributed by atoms with Gasteiger partial charge in [-0.05, 0) is 40.5 Å². The van der Waals surface area contributed by atoms with Gasteiger partial charge in [0.05, 0.1) is 17.3 Å². The maximum Gasteiger partial charge on any atom is 0.226 e. The fourth-order valence-electron chi connectivity index (χ4n) is 1.91. The molecule has 0 aliphatic heterocycles. The molecule has 2 heterocycles. The Morgan fingerprint density at radius 3 is 2.86 bits per heavy atom. The lowest BCUT2D eigenvalue weighted by Gasteiger charge is -2.11. The van der Waals surface area contributed by atoms with Crippen molar-refractivity contribution in [3.8, 4) is 0 Å². The number of hydrogen-bond donors (Lipinski definition) is 3. The summed E-state index contributed by atoms with van der Waals surface area (Å²) in [5.74, 6) is 1.15. The third-order valence-corrected chi connectivity index (χ3v) is 4.10. The zero-order chi connectivity index (χ0) is 15.0. The van der Waals surface area contributed by atoms with Crippen LogP contribution in [0.4, 0.5) is 17.5 Å². The van der Waals surface area contributed by atoms with Gasteiger partial charge in [0.1, 0.15) is 5.82 Å². The molecule has 108 valence electrons. The molecule has 0 aliphatic carbocycles. The molecule has 0 saturated heterocycles. The third kappa shape index (κ3) is 2.66. The van der Waals surface area contributed by atoms with Crippen molar-refractivity contribution in [2.24, 2.45) is 0 Å². The van der Waals surface area contributed by atoms with Crippen LogP contribution in [0.5, 0.6) is 0 Å². The largest absolute Gasteiger partial charge is 0.357 e. The highest BCUT2D eigenvalue weighted by atomic mass is 79.9. The van der Waals surface area contributed by atoms with Crippen molar-refractivity contribution in [3.05, 3.63) is 33.4 Å². The summed E-state index contributed by atoms with van der Waals surface area (Å²) in [6.07, 6.45) is 1.68. The number of halogens is 2. The summed E-state index contributed by atoms with van der Waals surface area (Å²) in [4.78, 5) is 8.71. The average Bonchev–Trinajstić information content (AvgIpc) is 2.93. The van der Waals surface area contributed by atoms with Crippen LogP contribution >= 0.6 is 27.5 Å². The number of aromatic amines is 1. The van der Waals surface area contributed by atoms with Crippen molar-refractivity contribution >= 4 is 56.0 Å². The molecule has 0 bridgehead atoms. The number of benzene rings is 1. The summed E-state index contributed by atoms with van der Waals surface area (Å²) in [6.45, 7) is 1.95. The second kappa shape index (κ2) is 5.50. The first-order valence-corrected chi connectivity index (χ1v) is 7.37. The lowest BCUT2D eigenvalue weighted by atomic mass is 10.2. The first-order chi connectivity index (χ1) is 10.1. The number of anilines is 3. The van der Waals surface area contributed by atoms with Gasteiger partial charge in [-0.3, -0.25) is 5.10 Å². The van der Waals surface area contributed by atoms with Crippen LogP contribution in [0.15, 0.2) is 22.8 Å². The summed E-state index contributed by atoms with van der Waals surface area (Å²) in [6, 6.07) is 3.81. The number of fused-ring (bicyclic) bond motifs is 1. The molecule has 0 radical (unpaired) electrons. The zero-order valence-corrected chi connectivity index (χ0v) is 13.7. The van der Waals surface area contributed by atoms with Crippen molar-refractivity contribution in [2.45, 2.75) is 6.92 Å². The Balaban J connectivity index is 2.09. The molecule has 21 heavy (non-hydrogen) atoms. The van der Waals surface area contributed by atoms with E-state index in [-0.39, 0.29) is 0 Å². The first kappa shape index (κ1) is 14.1. The highest BCUT2D eigenvalue weighted by Gasteiger charge is 2.11. The third-order valence-electron chi connectivity index (χ3n) is 3.03. The Morgan fingerprint density at radius 1 is 1.29 bits per heavy atom. The fourth-order valence-corrected chi connectivity index (χ4v) is 2.63. The molecule has 3 N–H and O–H groups in total. The molecule has 2 aromatic heterocycles. The van der Waals surface area contributed by atoms with Crippen molar-refractivity contribution < 1.29 is 0 Å². The van der Waals surface area contributed by atoms with Gasteiger partial charge in [-0.25, -0.2) is 0 Å². The predicted molar refractivity (Wildman–Crippen MR) is 88.4 cm³/mol. The molecule has 0 unspecified atom stereocenters. The maximum atomic E-state index is 6.18. The van der Waals surface area contributed by atoms with Crippen LogP contribution in [-0.4, -0.2) is 27.2 Å². The number of aryl methyl sites for hydroxylation is 1. The van der Waals surface area contributed by atoms with Crippen molar-refractivity contribution in [1.29, 1.82) is 0 Å². The number of aromatic nitrogens is 4. The van der Waals surface area contributed by atoms with E-state index in [0.717, 1.165) is 21.1 Å². The number of hydrogen-bond acceptors (Lipinski definition) is 5. The SMILES string of the molecule is CNc1nc(Nc2cc(Cl)c(C)cc2Br)c2cn[nH]c2n1. The van der Waals surface area contributed by atoms with Gasteiger partial charge in [0, 0.05) is 16.5 Å². The first-order valence-electron chi connectivity index (χ1n) is 6.20. The molecule has 0 fully saturated rings. The molecule has 0 spiro atoms. The van der Waals surface area contributed by atoms with Crippen molar-refractivity contribution in [3.63, 3.8) is 0 Å². The minimum atomic E-state index is 0.503. The lowest BCUT2D eigenvalue weighted by molar-refractivity contribution is 1.09. The summed E-state index contributed by atoms with van der Waals surface area (Å²) >= 11 is 9.71. The molecule has 3 rings (SSSR count). The van der Waals surface area contributed by atoms with Gasteiger partial charge >= 0.3 is 0 Å². The van der Waals surface area contributed by atoms with E-state index in [1.165, 1.54) is 0 Å². The van der Waals surface area contributed by atoms with Gasteiger partial charge in [-0.1, -0.05) is 11.6 Å². The predicted octanol–water partition coefficient (Wildman–Crippen LogP) is 3.86. The molecule has 6 nitrogen and oxygen atoms in total. The number of nitrogens with zero attached hydrogens (tertiary/aromatic N) is 3. The van der Waals surface area contributed by atoms with E-state index in [9.17, 15) is 0 Å². The molecule has 0 atom stereocenters. The highest BCUT2D eigenvalue weighted by molar-refractivity contribution is 9.10. The van der Waals surface area contributed by atoms with Gasteiger partial charge in [0.15, 0.2) is 5.65 Å². The molecular formula is C13H12BrClN6. The Kier molecular flexibility index (Phi) is 3.69. The van der Waals surface area contributed by atoms with E-state index in [1.54, 1.807) is 13.2 Å². The standard InChI is InChI=1S/C13H12BrClN6/c1-6-3-8(14)10(4-9(6)15)18-11-7-5-17-21-12(7)20-13(16-2)19-11/h3-5H,1-2H3,(H3,16,17,18,19,20,21). The van der Waals surface area contributed by atoms with Crippen LogP contribution in [0.25, 0.3) is 11.0 Å².